The Bertz CT molecular complexity index is 339. The molecule has 0 aliphatic carbocycles. The Balaban J connectivity index is 4.46. The van der Waals surface area contributed by atoms with Gasteiger partial charge in [0.25, 0.3) is 0 Å². The molecule has 3 nitrogen and oxygen atoms in total. The van der Waals surface area contributed by atoms with Crippen molar-refractivity contribution in [2.75, 3.05) is 0 Å². The Labute approximate surface area is 150 Å². The zero-order valence-corrected chi connectivity index (χ0v) is 21.5. The maximum Gasteiger partial charge on any atom is 0.312 e. The van der Waals surface area contributed by atoms with Crippen molar-refractivity contribution in [1.29, 1.82) is 0 Å². The molecule has 23 heavy (non-hydrogen) atoms. The second-order valence-corrected chi connectivity index (χ2v) is 25.4. The van der Waals surface area contributed by atoms with Gasteiger partial charge in [-0.2, -0.15) is 0 Å². The van der Waals surface area contributed by atoms with Gasteiger partial charge in [0.1, 0.15) is 0 Å². The van der Waals surface area contributed by atoms with E-state index in [1.165, 1.54) is 38.1 Å². The Morgan fingerprint density at radius 3 is 1.52 bits per heavy atom. The molecule has 0 aliphatic rings. The molecule has 0 saturated heterocycles. The van der Waals surface area contributed by atoms with Gasteiger partial charge in [-0.05, 0) is 65.0 Å². The summed E-state index contributed by atoms with van der Waals surface area (Å²) in [5.74, 6) is 0. The lowest BCUT2D eigenvalue weighted by atomic mass is 10.2. The molecule has 0 heterocycles. The molecule has 7 heteroatoms. The zero-order valence-electron chi connectivity index (χ0n) is 17.5. The van der Waals surface area contributed by atoms with Gasteiger partial charge in [0.2, 0.25) is 0 Å². The third-order valence-corrected chi connectivity index (χ3v) is 17.5. The average Bonchev–Trinajstić information content (AvgIpc) is 2.21. The smallest absolute Gasteiger partial charge is 0.312 e. The van der Waals surface area contributed by atoms with E-state index in [0.717, 1.165) is 0 Å². The summed E-state index contributed by atoms with van der Waals surface area (Å²) in [5.41, 5.74) is 0. The fraction of sp³-hybridized carbons (Fsp3) is 1.00. The van der Waals surface area contributed by atoms with E-state index in [1.54, 1.807) is 0 Å². The topological polar surface area (TPSA) is 27.7 Å². The van der Waals surface area contributed by atoms with E-state index in [-0.39, 0.29) is 0 Å². The second-order valence-electron chi connectivity index (χ2n) is 9.14. The maximum absolute atomic E-state index is 6.61. The van der Waals surface area contributed by atoms with Crippen LogP contribution in [0.15, 0.2) is 0 Å². The van der Waals surface area contributed by atoms with E-state index in [9.17, 15) is 0 Å². The van der Waals surface area contributed by atoms with Crippen LogP contribution in [0.1, 0.15) is 39.0 Å². The normalized spacial score (nSPS) is 14.3. The van der Waals surface area contributed by atoms with E-state index in [1.807, 2.05) is 0 Å². The monoisotopic (exact) mass is 394 g/mol. The number of hydrogen-bond acceptors (Lipinski definition) is 3. The van der Waals surface area contributed by atoms with E-state index < -0.39 is 33.8 Å². The standard InChI is InChI=1S/C16H42O3Si4/c1-11-12-13-14-15-16-21(5,6)18-23(9,10)19-22(7,8)17-20(2,3)4/h11-16H2,1-10H3. The highest BCUT2D eigenvalue weighted by Gasteiger charge is 2.42. The molecule has 0 aromatic carbocycles. The minimum Gasteiger partial charge on any atom is -0.437 e. The van der Waals surface area contributed by atoms with Crippen LogP contribution >= 0.6 is 0 Å². The predicted molar refractivity (Wildman–Crippen MR) is 113 cm³/mol. The predicted octanol–water partition coefficient (Wildman–Crippen LogP) is 6.45. The first-order chi connectivity index (χ1) is 10.2. The molecule has 0 unspecified atom stereocenters. The van der Waals surface area contributed by atoms with Crippen molar-refractivity contribution in [2.24, 2.45) is 0 Å². The highest BCUT2D eigenvalue weighted by atomic mass is 28.5. The lowest BCUT2D eigenvalue weighted by Gasteiger charge is -2.40. The van der Waals surface area contributed by atoms with Gasteiger partial charge in [0.15, 0.2) is 16.6 Å². The van der Waals surface area contributed by atoms with Crippen molar-refractivity contribution >= 4 is 33.8 Å². The second kappa shape index (κ2) is 9.45. The summed E-state index contributed by atoms with van der Waals surface area (Å²) in [6.07, 6.45) is 6.68. The molecule has 0 aromatic rings. The zero-order chi connectivity index (χ0) is 18.4. The lowest BCUT2D eigenvalue weighted by Crippen LogP contribution is -2.55. The van der Waals surface area contributed by atoms with Crippen LogP contribution in [-0.4, -0.2) is 33.8 Å². The Morgan fingerprint density at radius 2 is 1.04 bits per heavy atom. The molecule has 0 rings (SSSR count). The van der Waals surface area contributed by atoms with Gasteiger partial charge in [-0.3, -0.25) is 0 Å². The molecule has 0 radical (unpaired) electrons. The van der Waals surface area contributed by atoms with Crippen LogP contribution in [0.5, 0.6) is 0 Å². The molecule has 0 amide bonds. The van der Waals surface area contributed by atoms with E-state index >= 15 is 0 Å². The van der Waals surface area contributed by atoms with Crippen molar-refractivity contribution in [3.05, 3.63) is 0 Å². The molecule has 0 saturated carbocycles. The van der Waals surface area contributed by atoms with Crippen LogP contribution in [-0.2, 0) is 12.3 Å². The van der Waals surface area contributed by atoms with Gasteiger partial charge in [0, 0.05) is 0 Å². The quantitative estimate of drug-likeness (QED) is 0.281. The molecule has 140 valence electrons. The highest BCUT2D eigenvalue weighted by molar-refractivity contribution is 6.89. The SMILES string of the molecule is CCCCCCC[Si](C)(C)O[Si](C)(C)O[Si](C)(C)O[Si](C)(C)C. The summed E-state index contributed by atoms with van der Waals surface area (Å²) in [7, 11) is -7.44. The molecule has 0 N–H and O–H groups in total. The summed E-state index contributed by atoms with van der Waals surface area (Å²) in [4.78, 5) is 0. The van der Waals surface area contributed by atoms with Gasteiger partial charge in [-0.25, -0.2) is 0 Å². The largest absolute Gasteiger partial charge is 0.437 e. The summed E-state index contributed by atoms with van der Waals surface area (Å²) in [6.45, 7) is 22.4. The van der Waals surface area contributed by atoms with E-state index in [0.29, 0.717) is 0 Å². The maximum atomic E-state index is 6.61. The molecule has 0 fully saturated rings. The van der Waals surface area contributed by atoms with Crippen molar-refractivity contribution in [3.8, 4) is 0 Å². The van der Waals surface area contributed by atoms with Crippen molar-refractivity contribution in [1.82, 2.24) is 0 Å². The first-order valence-electron chi connectivity index (χ1n) is 9.29. The Kier molecular flexibility index (Phi) is 9.75. The van der Waals surface area contributed by atoms with Gasteiger partial charge >= 0.3 is 17.1 Å². The third kappa shape index (κ3) is 13.7. The van der Waals surface area contributed by atoms with Crippen LogP contribution in [0, 0.1) is 0 Å². The van der Waals surface area contributed by atoms with Crippen molar-refractivity contribution in [2.45, 2.75) is 104 Å². The minimum atomic E-state index is -2.13. The van der Waals surface area contributed by atoms with Crippen molar-refractivity contribution < 1.29 is 12.3 Å². The minimum absolute atomic E-state index is 1.24. The Morgan fingerprint density at radius 1 is 0.565 bits per heavy atom. The molecule has 0 bridgehead atoms. The molecular weight excluding hydrogens is 353 g/mol. The molecular formula is C16H42O3Si4. The number of rotatable bonds is 12. The summed E-state index contributed by atoms with van der Waals surface area (Å²) in [5, 5.41) is 0. The lowest BCUT2D eigenvalue weighted by molar-refractivity contribution is 0.329. The van der Waals surface area contributed by atoms with Crippen LogP contribution in [0.3, 0.4) is 0 Å². The van der Waals surface area contributed by atoms with Crippen LogP contribution in [0.25, 0.3) is 0 Å². The summed E-state index contributed by atoms with van der Waals surface area (Å²) >= 11 is 0. The number of hydrogen-bond donors (Lipinski definition) is 0. The summed E-state index contributed by atoms with van der Waals surface area (Å²) in [6, 6.07) is 1.24. The third-order valence-electron chi connectivity index (χ3n) is 3.45. The van der Waals surface area contributed by atoms with Crippen LogP contribution in [0.2, 0.25) is 65.0 Å². The van der Waals surface area contributed by atoms with Crippen LogP contribution < -0.4 is 0 Å². The van der Waals surface area contributed by atoms with Gasteiger partial charge in [-0.15, -0.1) is 0 Å². The first-order valence-corrected chi connectivity index (χ1v) is 21.4. The van der Waals surface area contributed by atoms with Gasteiger partial charge in [0.05, 0.1) is 0 Å². The van der Waals surface area contributed by atoms with Crippen molar-refractivity contribution in [3.63, 3.8) is 0 Å². The molecule has 0 aromatic heterocycles. The van der Waals surface area contributed by atoms with Gasteiger partial charge < -0.3 is 12.3 Å². The molecule has 0 spiro atoms. The molecule has 0 atom stereocenters. The summed E-state index contributed by atoms with van der Waals surface area (Å²) < 4.78 is 19.4. The fourth-order valence-corrected chi connectivity index (χ4v) is 21.8. The highest BCUT2D eigenvalue weighted by Crippen LogP contribution is 2.26. The Hall–Kier alpha value is 0.748. The first kappa shape index (κ1) is 23.7. The van der Waals surface area contributed by atoms with E-state index in [2.05, 4.69) is 65.8 Å². The molecule has 0 aliphatic heterocycles. The van der Waals surface area contributed by atoms with E-state index in [4.69, 9.17) is 12.3 Å². The average molecular weight is 395 g/mol. The number of unbranched alkanes of at least 4 members (excludes halogenated alkanes) is 4. The van der Waals surface area contributed by atoms with Gasteiger partial charge in [-0.1, -0.05) is 39.0 Å². The van der Waals surface area contributed by atoms with Crippen LogP contribution in [0.4, 0.5) is 0 Å². The fourth-order valence-electron chi connectivity index (χ4n) is 3.24.